The molecule has 0 aliphatic rings. The molecular weight excluding hydrogens is 229 g/mol. The molecule has 0 bridgehead atoms. The van der Waals surface area contributed by atoms with E-state index in [0.717, 1.165) is 18.7 Å². The molecular formula is C12H17F3N2. The van der Waals surface area contributed by atoms with E-state index in [4.69, 9.17) is 5.73 Å². The lowest BCUT2D eigenvalue weighted by molar-refractivity contribution is -0.137. The van der Waals surface area contributed by atoms with E-state index in [1.807, 2.05) is 0 Å². The second-order valence-electron chi connectivity index (χ2n) is 4.63. The third kappa shape index (κ3) is 4.73. The van der Waals surface area contributed by atoms with Crippen molar-refractivity contribution in [2.45, 2.75) is 38.9 Å². The first kappa shape index (κ1) is 14.0. The molecule has 1 atom stereocenters. The molecule has 1 unspecified atom stereocenters. The molecule has 0 radical (unpaired) electrons. The Balaban J connectivity index is 2.63. The van der Waals surface area contributed by atoms with Gasteiger partial charge in [-0.25, -0.2) is 0 Å². The summed E-state index contributed by atoms with van der Waals surface area (Å²) in [4.78, 5) is 3.79. The SMILES string of the molecule is CC(C)CC(N)Cc1ccc(C(F)(F)F)cn1. The summed E-state index contributed by atoms with van der Waals surface area (Å²) in [6.07, 6.45) is -2.12. The zero-order chi connectivity index (χ0) is 13.1. The van der Waals surface area contributed by atoms with Gasteiger partial charge in [0, 0.05) is 24.4 Å². The summed E-state index contributed by atoms with van der Waals surface area (Å²) in [5.41, 5.74) is 5.75. The number of nitrogens with zero attached hydrogens (tertiary/aromatic N) is 1. The first-order chi connectivity index (χ1) is 7.79. The monoisotopic (exact) mass is 246 g/mol. The Morgan fingerprint density at radius 1 is 1.29 bits per heavy atom. The summed E-state index contributed by atoms with van der Waals surface area (Å²) in [6.45, 7) is 4.11. The number of hydrogen-bond donors (Lipinski definition) is 1. The van der Waals surface area contributed by atoms with Gasteiger partial charge in [0.05, 0.1) is 5.56 Å². The fraction of sp³-hybridized carbons (Fsp3) is 0.583. The van der Waals surface area contributed by atoms with Crippen molar-refractivity contribution in [1.82, 2.24) is 4.98 Å². The Bertz CT molecular complexity index is 344. The minimum atomic E-state index is -4.33. The molecule has 0 aliphatic carbocycles. The Hall–Kier alpha value is -1.10. The number of aromatic nitrogens is 1. The largest absolute Gasteiger partial charge is 0.417 e. The lowest BCUT2D eigenvalue weighted by Crippen LogP contribution is -2.25. The molecule has 0 fully saturated rings. The molecule has 5 heteroatoms. The van der Waals surface area contributed by atoms with Crippen LogP contribution in [0.15, 0.2) is 18.3 Å². The number of pyridine rings is 1. The summed E-state index contributed by atoms with van der Waals surface area (Å²) >= 11 is 0. The Labute approximate surface area is 99.0 Å². The van der Waals surface area contributed by atoms with Crippen LogP contribution < -0.4 is 5.73 Å². The summed E-state index contributed by atoms with van der Waals surface area (Å²) < 4.78 is 36.9. The van der Waals surface area contributed by atoms with Gasteiger partial charge >= 0.3 is 6.18 Å². The maximum absolute atomic E-state index is 12.3. The van der Waals surface area contributed by atoms with Crippen molar-refractivity contribution in [2.24, 2.45) is 11.7 Å². The van der Waals surface area contributed by atoms with Gasteiger partial charge in [-0.1, -0.05) is 13.8 Å². The van der Waals surface area contributed by atoms with Gasteiger partial charge in [0.2, 0.25) is 0 Å². The molecule has 1 aromatic rings. The van der Waals surface area contributed by atoms with Crippen LogP contribution in [0.1, 0.15) is 31.5 Å². The molecule has 0 saturated carbocycles. The van der Waals surface area contributed by atoms with E-state index in [2.05, 4.69) is 18.8 Å². The molecule has 0 aromatic carbocycles. The molecule has 96 valence electrons. The number of halogens is 3. The molecule has 0 saturated heterocycles. The van der Waals surface area contributed by atoms with Crippen LogP contribution >= 0.6 is 0 Å². The zero-order valence-electron chi connectivity index (χ0n) is 9.96. The highest BCUT2D eigenvalue weighted by molar-refractivity contribution is 5.17. The second kappa shape index (κ2) is 5.49. The van der Waals surface area contributed by atoms with Crippen LogP contribution in [0.3, 0.4) is 0 Å². The maximum atomic E-state index is 12.3. The standard InChI is InChI=1S/C12H17F3N2/c1-8(2)5-10(16)6-11-4-3-9(7-17-11)12(13,14)15/h3-4,7-8,10H,5-6,16H2,1-2H3. The van der Waals surface area contributed by atoms with E-state index < -0.39 is 11.7 Å². The van der Waals surface area contributed by atoms with Gasteiger partial charge in [-0.15, -0.1) is 0 Å². The minimum Gasteiger partial charge on any atom is -0.327 e. The highest BCUT2D eigenvalue weighted by atomic mass is 19.4. The Morgan fingerprint density at radius 3 is 2.35 bits per heavy atom. The average Bonchev–Trinajstić information content (AvgIpc) is 2.15. The van der Waals surface area contributed by atoms with Crippen molar-refractivity contribution in [3.63, 3.8) is 0 Å². The van der Waals surface area contributed by atoms with Crippen molar-refractivity contribution in [3.05, 3.63) is 29.6 Å². The van der Waals surface area contributed by atoms with Gasteiger partial charge in [0.25, 0.3) is 0 Å². The molecule has 17 heavy (non-hydrogen) atoms. The summed E-state index contributed by atoms with van der Waals surface area (Å²) in [7, 11) is 0. The molecule has 0 amide bonds. The van der Waals surface area contributed by atoms with Gasteiger partial charge in [-0.05, 0) is 24.5 Å². The summed E-state index contributed by atoms with van der Waals surface area (Å²) in [5.74, 6) is 0.472. The molecule has 1 heterocycles. The number of rotatable bonds is 4. The first-order valence-electron chi connectivity index (χ1n) is 5.56. The smallest absolute Gasteiger partial charge is 0.327 e. The fourth-order valence-corrected chi connectivity index (χ4v) is 1.67. The second-order valence-corrected chi connectivity index (χ2v) is 4.63. The minimum absolute atomic E-state index is 0.0563. The zero-order valence-corrected chi connectivity index (χ0v) is 9.96. The van der Waals surface area contributed by atoms with Crippen molar-refractivity contribution in [3.8, 4) is 0 Å². The molecule has 0 aliphatic heterocycles. The van der Waals surface area contributed by atoms with E-state index in [-0.39, 0.29) is 6.04 Å². The molecule has 2 nitrogen and oxygen atoms in total. The summed E-state index contributed by atoms with van der Waals surface area (Å²) in [5, 5.41) is 0. The fourth-order valence-electron chi connectivity index (χ4n) is 1.67. The van der Waals surface area contributed by atoms with Crippen LogP contribution in [0, 0.1) is 5.92 Å². The lowest BCUT2D eigenvalue weighted by Gasteiger charge is -2.13. The van der Waals surface area contributed by atoms with Crippen molar-refractivity contribution in [1.29, 1.82) is 0 Å². The molecule has 1 aromatic heterocycles. The van der Waals surface area contributed by atoms with Crippen LogP contribution in [0.25, 0.3) is 0 Å². The molecule has 1 rings (SSSR count). The van der Waals surface area contributed by atoms with E-state index in [0.29, 0.717) is 18.0 Å². The van der Waals surface area contributed by atoms with E-state index >= 15 is 0 Å². The predicted molar refractivity (Wildman–Crippen MR) is 60.4 cm³/mol. The van der Waals surface area contributed by atoms with Gasteiger partial charge in [0.1, 0.15) is 0 Å². The van der Waals surface area contributed by atoms with Crippen LogP contribution in [0.5, 0.6) is 0 Å². The van der Waals surface area contributed by atoms with Crippen LogP contribution in [-0.4, -0.2) is 11.0 Å². The van der Waals surface area contributed by atoms with Crippen molar-refractivity contribution < 1.29 is 13.2 Å². The van der Waals surface area contributed by atoms with Crippen LogP contribution in [-0.2, 0) is 12.6 Å². The van der Waals surface area contributed by atoms with E-state index in [9.17, 15) is 13.2 Å². The average molecular weight is 246 g/mol. The number of nitrogens with two attached hydrogens (primary N) is 1. The van der Waals surface area contributed by atoms with E-state index in [1.165, 1.54) is 6.07 Å². The Kier molecular flexibility index (Phi) is 4.51. The Morgan fingerprint density at radius 2 is 1.94 bits per heavy atom. The number of hydrogen-bond acceptors (Lipinski definition) is 2. The van der Waals surface area contributed by atoms with E-state index in [1.54, 1.807) is 0 Å². The highest BCUT2D eigenvalue weighted by Gasteiger charge is 2.30. The van der Waals surface area contributed by atoms with Gasteiger partial charge < -0.3 is 5.73 Å². The normalized spacial score (nSPS) is 14.1. The summed E-state index contributed by atoms with van der Waals surface area (Å²) in [6, 6.07) is 2.38. The maximum Gasteiger partial charge on any atom is 0.417 e. The first-order valence-corrected chi connectivity index (χ1v) is 5.56. The highest BCUT2D eigenvalue weighted by Crippen LogP contribution is 2.28. The third-order valence-electron chi connectivity index (χ3n) is 2.40. The van der Waals surface area contributed by atoms with Crippen LogP contribution in [0.2, 0.25) is 0 Å². The van der Waals surface area contributed by atoms with Crippen molar-refractivity contribution in [2.75, 3.05) is 0 Å². The van der Waals surface area contributed by atoms with Gasteiger partial charge in [-0.2, -0.15) is 13.2 Å². The van der Waals surface area contributed by atoms with Gasteiger partial charge in [-0.3, -0.25) is 4.98 Å². The molecule has 2 N–H and O–H groups in total. The molecule has 0 spiro atoms. The van der Waals surface area contributed by atoms with Gasteiger partial charge in [0.15, 0.2) is 0 Å². The predicted octanol–water partition coefficient (Wildman–Crippen LogP) is 3.02. The third-order valence-corrected chi connectivity index (χ3v) is 2.40. The quantitative estimate of drug-likeness (QED) is 0.886. The van der Waals surface area contributed by atoms with Crippen molar-refractivity contribution >= 4 is 0 Å². The number of alkyl halides is 3. The van der Waals surface area contributed by atoms with Crippen LogP contribution in [0.4, 0.5) is 13.2 Å². The topological polar surface area (TPSA) is 38.9 Å². The lowest BCUT2D eigenvalue weighted by atomic mass is 10.0.